The number of phenols is 4. The van der Waals surface area contributed by atoms with Gasteiger partial charge in [0, 0.05) is 35.4 Å². The summed E-state index contributed by atoms with van der Waals surface area (Å²) >= 11 is 0. The fourth-order valence-corrected chi connectivity index (χ4v) is 6.86. The summed E-state index contributed by atoms with van der Waals surface area (Å²) in [6.45, 7) is 0. The molecule has 0 amide bonds. The van der Waals surface area contributed by atoms with E-state index in [0.29, 0.717) is 11.1 Å². The Morgan fingerprint density at radius 1 is 0.538 bits per heavy atom. The molecule has 22 nitrogen and oxygen atoms in total. The van der Waals surface area contributed by atoms with Crippen molar-refractivity contribution >= 4 is 33.9 Å². The van der Waals surface area contributed by atoms with Gasteiger partial charge in [0.05, 0.1) is 7.11 Å². The number of ether oxygens (including phenoxy) is 5. The molecule has 0 bridgehead atoms. The fourth-order valence-electron chi connectivity index (χ4n) is 6.86. The number of methoxy groups -OCH3 is 1. The number of aromatic hydroxyl groups is 4. The second kappa shape index (κ2) is 18.4. The summed E-state index contributed by atoms with van der Waals surface area (Å²) in [4.78, 5) is 48.2. The molecule has 2 fully saturated rings. The third kappa shape index (κ3) is 8.83. The van der Waals surface area contributed by atoms with E-state index in [1.165, 1.54) is 0 Å². The molecule has 0 saturated carbocycles. The number of benzene rings is 4. The lowest BCUT2D eigenvalue weighted by molar-refractivity contribution is -0.272. The number of phenolic OH excluding ortho intramolecular Hbond substituents is 4. The molecular formula is C43H39O22+. The molecule has 2 aromatic heterocycles. The predicted molar refractivity (Wildman–Crippen MR) is 218 cm³/mol. The lowest BCUT2D eigenvalue weighted by Gasteiger charge is -2.38. The van der Waals surface area contributed by atoms with Crippen molar-refractivity contribution in [1.29, 1.82) is 0 Å². The van der Waals surface area contributed by atoms with Gasteiger partial charge in [0.15, 0.2) is 46.1 Å². The number of carboxylic acid groups (broad SMARTS) is 1. The molecule has 11 N–H and O–H groups in total. The first-order chi connectivity index (χ1) is 30.9. The number of aliphatic hydroxyl groups excluding tert-OH is 6. The third-order valence-electron chi connectivity index (χ3n) is 10.3. The summed E-state index contributed by atoms with van der Waals surface area (Å²) in [6, 6.07) is 21.7. The van der Waals surface area contributed by atoms with Crippen molar-refractivity contribution in [3.05, 3.63) is 105 Å². The topological polar surface area (TPSA) is 363 Å². The lowest BCUT2D eigenvalue weighted by atomic mass is 9.99. The molecule has 0 aliphatic carbocycles. The van der Waals surface area contributed by atoms with Gasteiger partial charge in [-0.2, -0.15) is 0 Å². The van der Waals surface area contributed by atoms with Gasteiger partial charge in [0.2, 0.25) is 24.1 Å². The molecule has 4 heterocycles. The first-order valence-corrected chi connectivity index (χ1v) is 19.1. The summed E-state index contributed by atoms with van der Waals surface area (Å²) in [6.07, 6.45) is -18.5. The number of fused-ring (bicyclic) bond motifs is 2. The van der Waals surface area contributed by atoms with Crippen molar-refractivity contribution in [1.82, 2.24) is 0 Å². The van der Waals surface area contributed by atoms with Crippen molar-refractivity contribution < 1.29 is 99.7 Å². The van der Waals surface area contributed by atoms with Gasteiger partial charge in [0.1, 0.15) is 70.1 Å². The number of carbonyl (C=O) groups is 2. The average molecular weight is 908 g/mol. The van der Waals surface area contributed by atoms with Crippen LogP contribution in [0.25, 0.3) is 44.6 Å². The van der Waals surface area contributed by atoms with Gasteiger partial charge >= 0.3 is 13.4 Å². The Morgan fingerprint density at radius 2 is 0.923 bits per heavy atom. The summed E-state index contributed by atoms with van der Waals surface area (Å²) in [5, 5.41) is 110. The Labute approximate surface area is 364 Å². The van der Waals surface area contributed by atoms with Crippen LogP contribution in [0.3, 0.4) is 0 Å². The first kappa shape index (κ1) is 45.7. The molecule has 2 aliphatic rings. The largest absolute Gasteiger partial charge is 1.00 e. The van der Waals surface area contributed by atoms with Gasteiger partial charge in [0.25, 0.3) is 0 Å². The summed E-state index contributed by atoms with van der Waals surface area (Å²) in [7, 11) is 1.03. The summed E-state index contributed by atoms with van der Waals surface area (Å²) in [5.41, 5.74) is -0.468. The number of aliphatic hydroxyl groups is 6. The van der Waals surface area contributed by atoms with Crippen LogP contribution in [0.15, 0.2) is 103 Å². The number of hydrogen-bond acceptors (Lipinski definition) is 21. The summed E-state index contributed by atoms with van der Waals surface area (Å²) in [5.74, 6) is -6.80. The van der Waals surface area contributed by atoms with E-state index in [9.17, 15) is 70.2 Å². The van der Waals surface area contributed by atoms with E-state index in [1.54, 1.807) is 60.7 Å². The molecule has 342 valence electrons. The van der Waals surface area contributed by atoms with Crippen LogP contribution in [0.2, 0.25) is 0 Å². The molecule has 10 atom stereocenters. The minimum atomic E-state index is -1.94. The number of carboxylic acids is 1. The van der Waals surface area contributed by atoms with Crippen LogP contribution < -0.4 is 20.3 Å². The molecule has 8 rings (SSSR count). The van der Waals surface area contributed by atoms with E-state index in [1.807, 2.05) is 0 Å². The van der Waals surface area contributed by atoms with Gasteiger partial charge in [-0.25, -0.2) is 9.59 Å². The monoisotopic (exact) mass is 907 g/mol. The quantitative estimate of drug-likeness (QED) is 0.0731. The van der Waals surface area contributed by atoms with Crippen LogP contribution in [-0.4, -0.2) is 137 Å². The average Bonchev–Trinajstić information content (AvgIpc) is 3.29. The molecule has 22 heteroatoms. The predicted octanol–water partition coefficient (Wildman–Crippen LogP) is 0.485. The summed E-state index contributed by atoms with van der Waals surface area (Å²) < 4.78 is 36.8. The van der Waals surface area contributed by atoms with E-state index in [-0.39, 0.29) is 34.9 Å². The van der Waals surface area contributed by atoms with Crippen molar-refractivity contribution in [2.75, 3.05) is 7.11 Å². The Morgan fingerprint density at radius 3 is 1.31 bits per heavy atom. The Kier molecular flexibility index (Phi) is 13.0. The van der Waals surface area contributed by atoms with Crippen molar-refractivity contribution in [3.63, 3.8) is 0 Å². The smallest absolute Gasteiger partial charge is 0.504 e. The normalized spacial score (nSPS) is 25.3. The van der Waals surface area contributed by atoms with Crippen LogP contribution in [0.4, 0.5) is 0 Å². The third-order valence-corrected chi connectivity index (χ3v) is 10.3. The lowest BCUT2D eigenvalue weighted by Crippen LogP contribution is -2.61. The number of carbonyl (C=O) groups excluding carboxylic acids is 1. The SMILES string of the molecule is COC(=O)C1O[C@@H](Oc2cc3oc(-c4ccccc4)cc(=O)c3c(O)c2O)C(O)[C@@H](O)[C@@H]1O.O=C(O)C1O[C@@H](Oc2cc3oc(-c4ccccc4)cc(=O)c3c(O)c2O)C(O)[C@@H](O)[C@@H]1O.[H+]. The minimum absolute atomic E-state index is 0. The van der Waals surface area contributed by atoms with Crippen LogP contribution in [-0.2, 0) is 23.8 Å². The maximum Gasteiger partial charge on any atom is 1.00 e. The molecule has 4 unspecified atom stereocenters. The zero-order valence-corrected chi connectivity index (χ0v) is 33.3. The highest BCUT2D eigenvalue weighted by Crippen LogP contribution is 2.44. The Bertz CT molecular complexity index is 2850. The zero-order valence-electron chi connectivity index (χ0n) is 34.3. The molecular weight excluding hydrogens is 868 g/mol. The van der Waals surface area contributed by atoms with Gasteiger partial charge in [-0.15, -0.1) is 0 Å². The van der Waals surface area contributed by atoms with Gasteiger partial charge < -0.3 is 88.7 Å². The highest BCUT2D eigenvalue weighted by atomic mass is 16.7. The van der Waals surface area contributed by atoms with E-state index in [2.05, 4.69) is 4.74 Å². The molecule has 2 aliphatic heterocycles. The van der Waals surface area contributed by atoms with E-state index < -0.39 is 119 Å². The van der Waals surface area contributed by atoms with Gasteiger partial charge in [-0.3, -0.25) is 9.59 Å². The van der Waals surface area contributed by atoms with Crippen molar-refractivity contribution in [2.45, 2.75) is 61.4 Å². The standard InChI is InChI=1S/C22H20O11.C21H18O11/c1-30-21(29)20-18(27)17(26)19(28)22(33-20)32-13-8-12-14(16(25)15(13)24)10(23)7-11(31-12)9-5-3-2-4-6-9;22-9-6-10(8-4-2-1-3-5-8)30-11-7-12(14(23)15(24)13(9)11)31-21-18(27)16(25)17(26)19(32-21)20(28)29/h2-8,17-20,22,24-28H,1H3;1-7,16-19,21,23-27H,(H,28,29)/p+1/t17-,18-,19?,20?,22+;16-,17-,18?,19?,21+/m00/s1. The minimum Gasteiger partial charge on any atom is -0.504 e. The van der Waals surface area contributed by atoms with E-state index in [4.69, 9.17) is 32.9 Å². The highest BCUT2D eigenvalue weighted by Gasteiger charge is 2.50. The Hall–Kier alpha value is -7.28. The highest BCUT2D eigenvalue weighted by molar-refractivity contribution is 5.90. The van der Waals surface area contributed by atoms with Crippen LogP contribution >= 0.6 is 0 Å². The molecule has 65 heavy (non-hydrogen) atoms. The molecule has 4 aromatic carbocycles. The maximum atomic E-state index is 12.6. The first-order valence-electron chi connectivity index (χ1n) is 19.1. The van der Waals surface area contributed by atoms with Crippen molar-refractivity contribution in [2.24, 2.45) is 0 Å². The van der Waals surface area contributed by atoms with Gasteiger partial charge in [-0.05, 0) is 0 Å². The molecule has 2 saturated heterocycles. The maximum absolute atomic E-state index is 12.6. The number of rotatable bonds is 8. The molecule has 0 spiro atoms. The Balaban J connectivity index is 0.000000215. The van der Waals surface area contributed by atoms with Crippen LogP contribution in [0, 0.1) is 0 Å². The van der Waals surface area contributed by atoms with Crippen LogP contribution in [0.1, 0.15) is 1.43 Å². The number of hydrogen-bond donors (Lipinski definition) is 11. The molecule has 6 aromatic rings. The van der Waals surface area contributed by atoms with Gasteiger partial charge in [-0.1, -0.05) is 60.7 Å². The fraction of sp³-hybridized carbons (Fsp3) is 0.256. The second-order valence-electron chi connectivity index (χ2n) is 14.5. The zero-order chi connectivity index (χ0) is 47.0. The van der Waals surface area contributed by atoms with Crippen molar-refractivity contribution in [3.8, 4) is 57.1 Å². The van der Waals surface area contributed by atoms with E-state index >= 15 is 0 Å². The number of aliphatic carboxylic acids is 1. The number of esters is 1. The molecule has 0 radical (unpaired) electrons. The van der Waals surface area contributed by atoms with Crippen LogP contribution in [0.5, 0.6) is 34.5 Å². The second-order valence-corrected chi connectivity index (χ2v) is 14.5. The van der Waals surface area contributed by atoms with E-state index in [0.717, 1.165) is 31.4 Å².